The van der Waals surface area contributed by atoms with Gasteiger partial charge in [-0.2, -0.15) is 0 Å². The van der Waals surface area contributed by atoms with Gasteiger partial charge in [0.1, 0.15) is 5.52 Å². The molecule has 17 heavy (non-hydrogen) atoms. The maximum absolute atomic E-state index is 8.91. The zero-order chi connectivity index (χ0) is 12.3. The number of fused-ring (bicyclic) bond motifs is 1. The van der Waals surface area contributed by atoms with Crippen LogP contribution in [0.4, 0.5) is 5.82 Å². The van der Waals surface area contributed by atoms with Gasteiger partial charge < -0.3 is 14.6 Å². The molecule has 5 heteroatoms. The number of aliphatic hydroxyl groups is 1. The second-order valence-electron chi connectivity index (χ2n) is 4.01. The van der Waals surface area contributed by atoms with Gasteiger partial charge in [-0.05, 0) is 19.4 Å². The Morgan fingerprint density at radius 3 is 2.94 bits per heavy atom. The molecule has 2 rings (SSSR count). The van der Waals surface area contributed by atoms with E-state index in [0.29, 0.717) is 0 Å². The molecule has 0 radical (unpaired) electrons. The van der Waals surface area contributed by atoms with Crippen LogP contribution < -0.4 is 4.90 Å². The average molecular weight is 234 g/mol. The van der Waals surface area contributed by atoms with Crippen molar-refractivity contribution < 1.29 is 5.11 Å². The summed E-state index contributed by atoms with van der Waals surface area (Å²) in [5.41, 5.74) is 2.01. The highest BCUT2D eigenvalue weighted by Crippen LogP contribution is 2.22. The Morgan fingerprint density at radius 2 is 2.24 bits per heavy atom. The number of imidazole rings is 1. The van der Waals surface area contributed by atoms with Gasteiger partial charge in [-0.3, -0.25) is 0 Å². The molecule has 2 aromatic rings. The Morgan fingerprint density at radius 1 is 1.41 bits per heavy atom. The quantitative estimate of drug-likeness (QED) is 0.844. The minimum absolute atomic E-state index is 0.203. The third-order valence-electron chi connectivity index (χ3n) is 2.89. The topological polar surface area (TPSA) is 54.2 Å². The molecular weight excluding hydrogens is 216 g/mol. The van der Waals surface area contributed by atoms with Crippen LogP contribution in [-0.2, 0) is 7.05 Å². The first-order valence-electron chi connectivity index (χ1n) is 5.89. The number of rotatable bonds is 5. The van der Waals surface area contributed by atoms with Crippen molar-refractivity contribution in [1.82, 2.24) is 14.5 Å². The van der Waals surface area contributed by atoms with Crippen molar-refractivity contribution in [3.05, 3.63) is 18.6 Å². The smallest absolute Gasteiger partial charge is 0.156 e. The zero-order valence-corrected chi connectivity index (χ0v) is 10.3. The molecule has 2 heterocycles. The number of anilines is 1. The number of pyridine rings is 1. The lowest BCUT2D eigenvalue weighted by atomic mass is 10.3. The van der Waals surface area contributed by atoms with E-state index in [4.69, 9.17) is 5.11 Å². The highest BCUT2D eigenvalue weighted by Gasteiger charge is 2.12. The zero-order valence-electron chi connectivity index (χ0n) is 10.3. The van der Waals surface area contributed by atoms with Crippen LogP contribution in [0, 0.1) is 0 Å². The van der Waals surface area contributed by atoms with E-state index in [1.165, 1.54) is 0 Å². The summed E-state index contributed by atoms with van der Waals surface area (Å²) in [7, 11) is 1.98. The highest BCUT2D eigenvalue weighted by molar-refractivity contribution is 5.86. The number of aromatic nitrogens is 3. The van der Waals surface area contributed by atoms with Crippen molar-refractivity contribution in [2.45, 2.75) is 13.3 Å². The Hall–Kier alpha value is -1.62. The van der Waals surface area contributed by atoms with Gasteiger partial charge in [0.25, 0.3) is 0 Å². The van der Waals surface area contributed by atoms with Crippen LogP contribution in [0.2, 0.25) is 0 Å². The summed E-state index contributed by atoms with van der Waals surface area (Å²) in [4.78, 5) is 10.9. The molecule has 5 nitrogen and oxygen atoms in total. The summed E-state index contributed by atoms with van der Waals surface area (Å²) in [6.45, 7) is 3.95. The highest BCUT2D eigenvalue weighted by atomic mass is 16.3. The van der Waals surface area contributed by atoms with Crippen LogP contribution in [0.5, 0.6) is 0 Å². The van der Waals surface area contributed by atoms with Crippen molar-refractivity contribution in [1.29, 1.82) is 0 Å². The van der Waals surface area contributed by atoms with E-state index in [2.05, 4.69) is 21.8 Å². The monoisotopic (exact) mass is 234 g/mol. The Balaban J connectivity index is 2.39. The lowest BCUT2D eigenvalue weighted by Crippen LogP contribution is -2.25. The third kappa shape index (κ3) is 2.24. The van der Waals surface area contributed by atoms with Crippen LogP contribution in [-0.4, -0.2) is 39.3 Å². The molecule has 0 saturated carbocycles. The van der Waals surface area contributed by atoms with E-state index in [9.17, 15) is 0 Å². The molecule has 0 aliphatic heterocycles. The largest absolute Gasteiger partial charge is 0.396 e. The summed E-state index contributed by atoms with van der Waals surface area (Å²) in [5.74, 6) is 0.902. The van der Waals surface area contributed by atoms with Gasteiger partial charge in [-0.1, -0.05) is 0 Å². The number of aryl methyl sites for hydroxylation is 1. The van der Waals surface area contributed by atoms with Gasteiger partial charge in [0.05, 0.1) is 11.8 Å². The van der Waals surface area contributed by atoms with Crippen molar-refractivity contribution in [2.75, 3.05) is 24.6 Å². The second-order valence-corrected chi connectivity index (χ2v) is 4.01. The Labute approximate surface area is 101 Å². The standard InChI is InChI=1S/C12H18N4O/c1-3-16(7-4-8-17)12-11-10(5-6-13-12)15(2)9-14-11/h5-6,9,17H,3-4,7-8H2,1-2H3. The molecule has 92 valence electrons. The van der Waals surface area contributed by atoms with Gasteiger partial charge in [0, 0.05) is 32.9 Å². The number of hydrogen-bond acceptors (Lipinski definition) is 4. The first-order chi connectivity index (χ1) is 8.27. The predicted molar refractivity (Wildman–Crippen MR) is 68.1 cm³/mol. The van der Waals surface area contributed by atoms with E-state index in [1.54, 1.807) is 12.5 Å². The van der Waals surface area contributed by atoms with Gasteiger partial charge in [0.15, 0.2) is 5.82 Å². The Kier molecular flexibility index (Phi) is 3.58. The summed E-state index contributed by atoms with van der Waals surface area (Å²) < 4.78 is 1.99. The minimum atomic E-state index is 0.203. The fourth-order valence-corrected chi connectivity index (χ4v) is 1.95. The molecule has 0 atom stereocenters. The lowest BCUT2D eigenvalue weighted by molar-refractivity contribution is 0.289. The van der Waals surface area contributed by atoms with Crippen molar-refractivity contribution in [3.8, 4) is 0 Å². The summed E-state index contributed by atoms with van der Waals surface area (Å²) in [6.07, 6.45) is 4.36. The maximum atomic E-state index is 8.91. The molecular formula is C12H18N4O. The molecule has 0 aliphatic carbocycles. The predicted octanol–water partition coefficient (Wildman–Crippen LogP) is 1.18. The molecule has 0 aliphatic rings. The first-order valence-corrected chi connectivity index (χ1v) is 5.89. The minimum Gasteiger partial charge on any atom is -0.396 e. The normalized spacial score (nSPS) is 11.0. The summed E-state index contributed by atoms with van der Waals surface area (Å²) in [6, 6.07) is 1.96. The van der Waals surface area contributed by atoms with Gasteiger partial charge >= 0.3 is 0 Å². The lowest BCUT2D eigenvalue weighted by Gasteiger charge is -2.21. The molecule has 1 N–H and O–H groups in total. The van der Waals surface area contributed by atoms with Crippen LogP contribution in [0.1, 0.15) is 13.3 Å². The van der Waals surface area contributed by atoms with Gasteiger partial charge in [-0.15, -0.1) is 0 Å². The maximum Gasteiger partial charge on any atom is 0.156 e. The van der Waals surface area contributed by atoms with Crippen molar-refractivity contribution >= 4 is 16.9 Å². The molecule has 0 fully saturated rings. The molecule has 0 spiro atoms. The molecule has 0 unspecified atom stereocenters. The van der Waals surface area contributed by atoms with Crippen molar-refractivity contribution in [3.63, 3.8) is 0 Å². The van der Waals surface area contributed by atoms with Crippen LogP contribution in [0.3, 0.4) is 0 Å². The molecule has 0 amide bonds. The van der Waals surface area contributed by atoms with Gasteiger partial charge in [-0.25, -0.2) is 9.97 Å². The van der Waals surface area contributed by atoms with Crippen LogP contribution in [0.15, 0.2) is 18.6 Å². The number of aliphatic hydroxyl groups excluding tert-OH is 1. The molecule has 2 aromatic heterocycles. The molecule has 0 saturated heterocycles. The van der Waals surface area contributed by atoms with E-state index in [1.807, 2.05) is 17.7 Å². The molecule has 0 aromatic carbocycles. The summed E-state index contributed by atoms with van der Waals surface area (Å²) in [5, 5.41) is 8.91. The van der Waals surface area contributed by atoms with E-state index >= 15 is 0 Å². The number of nitrogens with zero attached hydrogens (tertiary/aromatic N) is 4. The van der Waals surface area contributed by atoms with E-state index < -0.39 is 0 Å². The fourth-order valence-electron chi connectivity index (χ4n) is 1.95. The molecule has 0 bridgehead atoms. The SMILES string of the molecule is CCN(CCCO)c1nccc2c1ncn2C. The van der Waals surface area contributed by atoms with Crippen LogP contribution >= 0.6 is 0 Å². The van der Waals surface area contributed by atoms with Crippen LogP contribution in [0.25, 0.3) is 11.0 Å². The Bertz CT molecular complexity index is 494. The average Bonchev–Trinajstić information content (AvgIpc) is 2.73. The summed E-state index contributed by atoms with van der Waals surface area (Å²) >= 11 is 0. The number of hydrogen-bond donors (Lipinski definition) is 1. The second kappa shape index (κ2) is 5.14. The van der Waals surface area contributed by atoms with E-state index in [-0.39, 0.29) is 6.61 Å². The fraction of sp³-hybridized carbons (Fsp3) is 0.500. The first kappa shape index (κ1) is 11.9. The van der Waals surface area contributed by atoms with E-state index in [0.717, 1.165) is 36.4 Å². The van der Waals surface area contributed by atoms with Crippen molar-refractivity contribution in [2.24, 2.45) is 7.05 Å². The van der Waals surface area contributed by atoms with Gasteiger partial charge in [0.2, 0.25) is 0 Å². The third-order valence-corrected chi connectivity index (χ3v) is 2.89.